The van der Waals surface area contributed by atoms with E-state index in [-0.39, 0.29) is 18.4 Å². The number of hydrogen-bond acceptors (Lipinski definition) is 3. The molecule has 2 aliphatic rings. The summed E-state index contributed by atoms with van der Waals surface area (Å²) in [5.41, 5.74) is 13.4. The van der Waals surface area contributed by atoms with Crippen LogP contribution in [0.5, 0.6) is 0 Å². The standard InChI is InChI=1S/C31H35F2N3O/c1-19(37)36-30(15-20-13-23(32)17-24(33)14-20)29(34)18-35-31-27-10-6-5-9-25(27)26-12-11-22(16-28(26)31)21-7-3-2-4-8-21/h5-6,9-14,16-17,21,29-31,35H,2-4,7-8,15,18,34H2,1H3,(H,36,37)/t29-,30-,31?/m0/s1. The Morgan fingerprint density at radius 2 is 1.65 bits per heavy atom. The van der Waals surface area contributed by atoms with Gasteiger partial charge in [0.15, 0.2) is 0 Å². The van der Waals surface area contributed by atoms with Gasteiger partial charge < -0.3 is 16.4 Å². The minimum Gasteiger partial charge on any atom is -0.352 e. The molecule has 6 heteroatoms. The maximum absolute atomic E-state index is 13.8. The Bertz CT molecular complexity index is 1250. The van der Waals surface area contributed by atoms with Gasteiger partial charge in [0.1, 0.15) is 11.6 Å². The minimum absolute atomic E-state index is 0.00890. The highest BCUT2D eigenvalue weighted by atomic mass is 19.1. The van der Waals surface area contributed by atoms with Gasteiger partial charge in [-0.05, 0) is 70.7 Å². The topological polar surface area (TPSA) is 67.2 Å². The van der Waals surface area contributed by atoms with Crippen LogP contribution in [0.1, 0.15) is 73.2 Å². The number of nitrogens with two attached hydrogens (primary N) is 1. The summed E-state index contributed by atoms with van der Waals surface area (Å²) in [6.07, 6.45) is 6.63. The van der Waals surface area contributed by atoms with Crippen molar-refractivity contribution in [2.75, 3.05) is 6.54 Å². The van der Waals surface area contributed by atoms with Gasteiger partial charge in [-0.2, -0.15) is 0 Å². The molecule has 3 atom stereocenters. The van der Waals surface area contributed by atoms with Crippen LogP contribution in [0, 0.1) is 11.6 Å². The third-order valence-electron chi connectivity index (χ3n) is 7.87. The number of amides is 1. The predicted octanol–water partition coefficient (Wildman–Crippen LogP) is 5.75. The Hall–Kier alpha value is -3.09. The van der Waals surface area contributed by atoms with Crippen LogP contribution in [0.2, 0.25) is 0 Å². The Labute approximate surface area is 217 Å². The lowest BCUT2D eigenvalue weighted by Crippen LogP contribution is -2.53. The van der Waals surface area contributed by atoms with Crippen LogP contribution in [-0.2, 0) is 11.2 Å². The van der Waals surface area contributed by atoms with Crippen molar-refractivity contribution in [2.45, 2.75) is 69.5 Å². The highest BCUT2D eigenvalue weighted by Gasteiger charge is 2.30. The van der Waals surface area contributed by atoms with Crippen LogP contribution in [-0.4, -0.2) is 24.5 Å². The molecular formula is C31H35F2N3O. The van der Waals surface area contributed by atoms with Crippen LogP contribution < -0.4 is 16.4 Å². The quantitative estimate of drug-likeness (QED) is 0.367. The van der Waals surface area contributed by atoms with Crippen molar-refractivity contribution in [3.05, 3.63) is 94.6 Å². The van der Waals surface area contributed by atoms with E-state index in [2.05, 4.69) is 53.1 Å². The molecule has 4 N–H and O–H groups in total. The number of rotatable bonds is 8. The van der Waals surface area contributed by atoms with Crippen LogP contribution in [0.4, 0.5) is 8.78 Å². The SMILES string of the molecule is CC(=O)N[C@@H](Cc1cc(F)cc(F)c1)[C@@H](N)CNC1c2ccccc2-c2ccc(C3CCCCC3)cc21. The van der Waals surface area contributed by atoms with E-state index < -0.39 is 23.7 Å². The second-order valence-electron chi connectivity index (χ2n) is 10.6. The van der Waals surface area contributed by atoms with E-state index >= 15 is 0 Å². The number of halogens is 2. The van der Waals surface area contributed by atoms with Gasteiger partial charge in [-0.3, -0.25) is 4.79 Å². The molecule has 0 bridgehead atoms. The van der Waals surface area contributed by atoms with Gasteiger partial charge in [0.2, 0.25) is 5.91 Å². The van der Waals surface area contributed by atoms with E-state index in [4.69, 9.17) is 5.73 Å². The van der Waals surface area contributed by atoms with Gasteiger partial charge >= 0.3 is 0 Å². The normalized spacial score (nSPS) is 18.6. The summed E-state index contributed by atoms with van der Waals surface area (Å²) in [6, 6.07) is 17.8. The van der Waals surface area contributed by atoms with Crippen LogP contribution in [0.15, 0.2) is 60.7 Å². The van der Waals surface area contributed by atoms with E-state index in [1.807, 2.05) is 0 Å². The van der Waals surface area contributed by atoms with Crippen molar-refractivity contribution >= 4 is 5.91 Å². The molecule has 0 saturated heterocycles. The summed E-state index contributed by atoms with van der Waals surface area (Å²) in [5.74, 6) is -0.903. The molecule has 3 aromatic rings. The molecule has 0 aromatic heterocycles. The number of hydrogen-bond donors (Lipinski definition) is 3. The third kappa shape index (κ3) is 5.76. The average molecular weight is 504 g/mol. The summed E-state index contributed by atoms with van der Waals surface area (Å²) >= 11 is 0. The van der Waals surface area contributed by atoms with Crippen molar-refractivity contribution in [2.24, 2.45) is 5.73 Å². The summed E-state index contributed by atoms with van der Waals surface area (Å²) < 4.78 is 27.5. The largest absolute Gasteiger partial charge is 0.352 e. The van der Waals surface area contributed by atoms with E-state index in [0.717, 1.165) is 6.07 Å². The Balaban J connectivity index is 1.37. The highest BCUT2D eigenvalue weighted by Crippen LogP contribution is 2.45. The molecule has 0 radical (unpaired) electrons. The summed E-state index contributed by atoms with van der Waals surface area (Å²) in [5, 5.41) is 6.55. The van der Waals surface area contributed by atoms with E-state index in [9.17, 15) is 13.6 Å². The molecule has 4 nitrogen and oxygen atoms in total. The lowest BCUT2D eigenvalue weighted by Gasteiger charge is -2.27. The summed E-state index contributed by atoms with van der Waals surface area (Å²) in [6.45, 7) is 1.85. The number of nitrogens with one attached hydrogen (secondary N) is 2. The number of carbonyl (C=O) groups is 1. The van der Waals surface area contributed by atoms with E-state index in [0.29, 0.717) is 18.0 Å². The zero-order valence-corrected chi connectivity index (χ0v) is 21.3. The van der Waals surface area contributed by atoms with Gasteiger partial charge in [-0.25, -0.2) is 8.78 Å². The fraction of sp³-hybridized carbons (Fsp3) is 0.387. The van der Waals surface area contributed by atoms with Crippen molar-refractivity contribution < 1.29 is 13.6 Å². The molecule has 2 aliphatic carbocycles. The minimum atomic E-state index is -0.642. The first-order valence-electron chi connectivity index (χ1n) is 13.3. The van der Waals surface area contributed by atoms with Crippen LogP contribution in [0.3, 0.4) is 0 Å². The highest BCUT2D eigenvalue weighted by molar-refractivity contribution is 5.79. The number of fused-ring (bicyclic) bond motifs is 3. The lowest BCUT2D eigenvalue weighted by atomic mass is 9.83. The first-order valence-corrected chi connectivity index (χ1v) is 13.3. The van der Waals surface area contributed by atoms with E-state index in [1.54, 1.807) is 0 Å². The Kier molecular flexibility index (Phi) is 7.68. The zero-order valence-electron chi connectivity index (χ0n) is 21.3. The number of carbonyl (C=O) groups excluding carboxylic acids is 1. The first kappa shape index (κ1) is 25.6. The monoisotopic (exact) mass is 503 g/mol. The maximum atomic E-state index is 13.8. The molecule has 5 rings (SSSR count). The molecule has 194 valence electrons. The van der Waals surface area contributed by atoms with Gasteiger partial charge in [0.05, 0.1) is 6.04 Å². The summed E-state index contributed by atoms with van der Waals surface area (Å²) in [7, 11) is 0. The molecule has 3 aromatic carbocycles. The number of benzene rings is 3. The molecule has 1 fully saturated rings. The molecule has 0 spiro atoms. The van der Waals surface area contributed by atoms with Crippen LogP contribution in [0.25, 0.3) is 11.1 Å². The van der Waals surface area contributed by atoms with Crippen molar-refractivity contribution in [3.63, 3.8) is 0 Å². The molecule has 0 heterocycles. The fourth-order valence-electron chi connectivity index (χ4n) is 6.09. The molecular weight excluding hydrogens is 468 g/mol. The molecule has 1 saturated carbocycles. The van der Waals surface area contributed by atoms with E-state index in [1.165, 1.54) is 79.0 Å². The maximum Gasteiger partial charge on any atom is 0.217 e. The fourth-order valence-corrected chi connectivity index (χ4v) is 6.09. The molecule has 1 unspecified atom stereocenters. The summed E-state index contributed by atoms with van der Waals surface area (Å²) in [4.78, 5) is 11.9. The molecule has 0 aliphatic heterocycles. The van der Waals surface area contributed by atoms with Crippen molar-refractivity contribution in [1.29, 1.82) is 0 Å². The van der Waals surface area contributed by atoms with Gasteiger partial charge in [0.25, 0.3) is 0 Å². The van der Waals surface area contributed by atoms with Gasteiger partial charge in [-0.15, -0.1) is 0 Å². The van der Waals surface area contributed by atoms with Gasteiger partial charge in [0, 0.05) is 31.6 Å². The average Bonchev–Trinajstić information content (AvgIpc) is 3.19. The first-order chi connectivity index (χ1) is 17.9. The molecule has 1 amide bonds. The Morgan fingerprint density at radius 1 is 0.946 bits per heavy atom. The Morgan fingerprint density at radius 3 is 2.38 bits per heavy atom. The second-order valence-corrected chi connectivity index (χ2v) is 10.6. The smallest absolute Gasteiger partial charge is 0.217 e. The lowest BCUT2D eigenvalue weighted by molar-refractivity contribution is -0.119. The second kappa shape index (κ2) is 11.1. The third-order valence-corrected chi connectivity index (χ3v) is 7.87. The predicted molar refractivity (Wildman–Crippen MR) is 143 cm³/mol. The van der Waals surface area contributed by atoms with Crippen molar-refractivity contribution in [1.82, 2.24) is 10.6 Å². The van der Waals surface area contributed by atoms with Crippen molar-refractivity contribution in [3.8, 4) is 11.1 Å². The van der Waals surface area contributed by atoms with Crippen LogP contribution >= 0.6 is 0 Å². The van der Waals surface area contributed by atoms with Gasteiger partial charge in [-0.1, -0.05) is 61.7 Å². The molecule has 37 heavy (non-hydrogen) atoms. The zero-order chi connectivity index (χ0) is 25.9.